The molecule has 0 saturated heterocycles. The molecule has 2 atom stereocenters. The molecule has 0 saturated carbocycles. The standard InChI is InChI=1S/C60H52N4/c1-39(29-31-41(3)61-53-23-11-5-21-49(53)51-35-33-43(37-59(51)61)63-55-25-13-7-17-45(55)46-18-8-14-26-56(46)63)40(2)30-32-42(4)62-54-24-12-6-22-50(54)52-36-34-44(38-60(52)62)64-57-27-15-9-19-47(57)48-20-10-16-28-58(48)64/h5-9,12-19,21-22,24-38,52,60H,10-11,20,23H2,1-4H3/b39-29+,40-30+,41-31+,42-32+. The van der Waals surface area contributed by atoms with Crippen LogP contribution in [0.15, 0.2) is 187 Å². The predicted octanol–water partition coefficient (Wildman–Crippen LogP) is 15.4. The molecule has 5 aromatic carbocycles. The number of aryl methyl sites for hydroxylation is 1. The van der Waals surface area contributed by atoms with Crippen molar-refractivity contribution in [3.63, 3.8) is 0 Å². The average Bonchev–Trinajstić information content (AvgIpc) is 4.07. The normalized spacial score (nSPS) is 18.6. The Kier molecular flexibility index (Phi) is 9.12. The van der Waals surface area contributed by atoms with Crippen LogP contribution < -0.4 is 4.90 Å². The van der Waals surface area contributed by atoms with Crippen LogP contribution in [-0.4, -0.2) is 19.7 Å². The third-order valence-electron chi connectivity index (χ3n) is 14.4. The van der Waals surface area contributed by atoms with Crippen molar-refractivity contribution in [1.29, 1.82) is 0 Å². The molecule has 3 aromatic heterocycles. The van der Waals surface area contributed by atoms with Crippen LogP contribution in [0, 0.1) is 0 Å². The van der Waals surface area contributed by atoms with E-state index in [1.807, 2.05) is 0 Å². The molecule has 1 aliphatic heterocycles. The summed E-state index contributed by atoms with van der Waals surface area (Å²) in [7, 11) is 0. The summed E-state index contributed by atoms with van der Waals surface area (Å²) in [6, 6.07) is 42.7. The van der Waals surface area contributed by atoms with Gasteiger partial charge in [0.2, 0.25) is 0 Å². The van der Waals surface area contributed by atoms with Crippen molar-refractivity contribution < 1.29 is 0 Å². The predicted molar refractivity (Wildman–Crippen MR) is 273 cm³/mol. The largest absolute Gasteiger partial charge is 0.337 e. The Labute approximate surface area is 375 Å². The number of allylic oxidation sites excluding steroid dienone is 12. The number of nitrogens with zero attached hydrogens (tertiary/aromatic N) is 4. The first-order valence-electron chi connectivity index (χ1n) is 23.1. The summed E-state index contributed by atoms with van der Waals surface area (Å²) >= 11 is 0. The highest BCUT2D eigenvalue weighted by Crippen LogP contribution is 2.48. The third kappa shape index (κ3) is 5.96. The zero-order chi connectivity index (χ0) is 43.1. The van der Waals surface area contributed by atoms with Gasteiger partial charge in [0.25, 0.3) is 0 Å². The molecule has 0 radical (unpaired) electrons. The van der Waals surface area contributed by atoms with Gasteiger partial charge in [-0.1, -0.05) is 115 Å². The van der Waals surface area contributed by atoms with E-state index in [1.165, 1.54) is 111 Å². The number of hydrogen-bond donors (Lipinski definition) is 0. The molecular weight excluding hydrogens is 777 g/mol. The highest BCUT2D eigenvalue weighted by Gasteiger charge is 2.38. The first kappa shape index (κ1) is 38.4. The van der Waals surface area contributed by atoms with Gasteiger partial charge in [-0.15, -0.1) is 0 Å². The average molecular weight is 829 g/mol. The molecule has 0 fully saturated rings. The molecule has 2 unspecified atom stereocenters. The van der Waals surface area contributed by atoms with E-state index in [9.17, 15) is 0 Å². The smallest absolute Gasteiger partial charge is 0.0646 e. The van der Waals surface area contributed by atoms with Gasteiger partial charge in [-0.25, -0.2) is 0 Å². The van der Waals surface area contributed by atoms with Gasteiger partial charge >= 0.3 is 0 Å². The molecule has 312 valence electrons. The molecule has 8 aromatic rings. The maximum Gasteiger partial charge on any atom is 0.0646 e. The summed E-state index contributed by atoms with van der Waals surface area (Å²) in [5.74, 6) is 0.292. The highest BCUT2D eigenvalue weighted by molar-refractivity contribution is 6.09. The molecule has 0 bridgehead atoms. The number of fused-ring (bicyclic) bond motifs is 12. The van der Waals surface area contributed by atoms with Gasteiger partial charge in [-0.2, -0.15) is 0 Å². The Morgan fingerprint density at radius 1 is 0.562 bits per heavy atom. The van der Waals surface area contributed by atoms with Gasteiger partial charge in [0.05, 0.1) is 28.1 Å². The number of rotatable bonds is 7. The van der Waals surface area contributed by atoms with Gasteiger partial charge in [0, 0.05) is 72.9 Å². The van der Waals surface area contributed by atoms with Crippen LogP contribution in [0.4, 0.5) is 5.69 Å². The Balaban J connectivity index is 0.882. The topological polar surface area (TPSA) is 18.0 Å². The van der Waals surface area contributed by atoms with E-state index in [2.05, 4.69) is 228 Å². The molecule has 4 nitrogen and oxygen atoms in total. The second-order valence-corrected chi connectivity index (χ2v) is 18.1. The van der Waals surface area contributed by atoms with Crippen molar-refractivity contribution in [1.82, 2.24) is 13.7 Å². The van der Waals surface area contributed by atoms with Crippen LogP contribution >= 0.6 is 0 Å². The van der Waals surface area contributed by atoms with Crippen molar-refractivity contribution in [2.24, 2.45) is 0 Å². The summed E-state index contributed by atoms with van der Waals surface area (Å²) in [5, 5.41) is 5.24. The minimum absolute atomic E-state index is 0.182. The van der Waals surface area contributed by atoms with Crippen LogP contribution in [0.25, 0.3) is 72.8 Å². The van der Waals surface area contributed by atoms with Crippen LogP contribution in [0.5, 0.6) is 0 Å². The second kappa shape index (κ2) is 15.2. The fourth-order valence-electron chi connectivity index (χ4n) is 11.2. The minimum atomic E-state index is 0.182. The zero-order valence-electron chi connectivity index (χ0n) is 37.1. The van der Waals surface area contributed by atoms with Gasteiger partial charge < -0.3 is 18.6 Å². The lowest BCUT2D eigenvalue weighted by Crippen LogP contribution is -2.32. The maximum atomic E-state index is 2.56. The van der Waals surface area contributed by atoms with Crippen LogP contribution in [0.1, 0.15) is 74.5 Å². The number of hydrogen-bond acceptors (Lipinski definition) is 1. The SMILES string of the molecule is CC(=C\C=C(/C)N1c2ccccc2C2C=CC(n3c4c(c5ccccc53)CCC=C4)=CC21)/C(C)=C/C=C(\C)n1c2c(c3ccc(-n4c5ccccc5c5ccccc54)cc31)C=CCC2. The lowest BCUT2D eigenvalue weighted by atomic mass is 9.90. The lowest BCUT2D eigenvalue weighted by molar-refractivity contribution is 0.720. The molecule has 0 amide bonds. The maximum absolute atomic E-state index is 2.56. The lowest BCUT2D eigenvalue weighted by Gasteiger charge is -2.31. The van der Waals surface area contributed by atoms with Gasteiger partial charge in [0.15, 0.2) is 0 Å². The molecule has 4 heteroatoms. The van der Waals surface area contributed by atoms with Crippen molar-refractivity contribution in [3.8, 4) is 5.69 Å². The van der Waals surface area contributed by atoms with E-state index >= 15 is 0 Å². The minimum Gasteiger partial charge on any atom is -0.337 e. The fraction of sp³-hybridized carbons (Fsp3) is 0.167. The van der Waals surface area contributed by atoms with E-state index < -0.39 is 0 Å². The molecule has 3 aliphatic carbocycles. The van der Waals surface area contributed by atoms with E-state index in [0.29, 0.717) is 5.92 Å². The summed E-state index contributed by atoms with van der Waals surface area (Å²) in [6.07, 6.45) is 30.1. The molecule has 64 heavy (non-hydrogen) atoms. The highest BCUT2D eigenvalue weighted by atomic mass is 15.2. The fourth-order valence-corrected chi connectivity index (χ4v) is 11.2. The van der Waals surface area contributed by atoms with Gasteiger partial charge in [0.1, 0.15) is 0 Å². The number of anilines is 1. The third-order valence-corrected chi connectivity index (χ3v) is 14.4. The molecule has 4 aliphatic rings. The zero-order valence-corrected chi connectivity index (χ0v) is 37.1. The van der Waals surface area contributed by atoms with Crippen LogP contribution in [0.2, 0.25) is 0 Å². The van der Waals surface area contributed by atoms with E-state index in [1.54, 1.807) is 0 Å². The van der Waals surface area contributed by atoms with E-state index in [4.69, 9.17) is 0 Å². The molecule has 0 spiro atoms. The van der Waals surface area contributed by atoms with Crippen molar-refractivity contribution in [3.05, 3.63) is 215 Å². The Morgan fingerprint density at radius 3 is 1.97 bits per heavy atom. The number of para-hydroxylation sites is 4. The summed E-state index contributed by atoms with van der Waals surface area (Å²) < 4.78 is 7.44. The van der Waals surface area contributed by atoms with Crippen molar-refractivity contribution >= 4 is 72.8 Å². The summed E-state index contributed by atoms with van der Waals surface area (Å²) in [4.78, 5) is 2.56. The Hall–Kier alpha value is -7.30. The first-order chi connectivity index (χ1) is 31.4. The summed E-state index contributed by atoms with van der Waals surface area (Å²) in [6.45, 7) is 9.02. The second-order valence-electron chi connectivity index (χ2n) is 18.1. The van der Waals surface area contributed by atoms with E-state index in [-0.39, 0.29) is 6.04 Å². The first-order valence-corrected chi connectivity index (χ1v) is 23.1. The molecule has 4 heterocycles. The van der Waals surface area contributed by atoms with Crippen LogP contribution in [0.3, 0.4) is 0 Å². The van der Waals surface area contributed by atoms with E-state index in [0.717, 1.165) is 25.7 Å². The van der Waals surface area contributed by atoms with Gasteiger partial charge in [-0.05, 0) is 142 Å². The molecule has 0 N–H and O–H groups in total. The molecule has 12 rings (SSSR count). The molecular formula is C60H52N4. The van der Waals surface area contributed by atoms with Crippen molar-refractivity contribution in [2.45, 2.75) is 65.3 Å². The van der Waals surface area contributed by atoms with Crippen molar-refractivity contribution in [2.75, 3.05) is 4.90 Å². The number of aromatic nitrogens is 3. The summed E-state index contributed by atoms with van der Waals surface area (Å²) in [5.41, 5.74) is 20.6. The quantitative estimate of drug-likeness (QED) is 0.146. The Morgan fingerprint density at radius 2 is 1.20 bits per heavy atom. The monoisotopic (exact) mass is 828 g/mol. The Bertz CT molecular complexity index is 3450. The van der Waals surface area contributed by atoms with Crippen LogP contribution in [-0.2, 0) is 12.8 Å². The number of benzene rings is 5. The van der Waals surface area contributed by atoms with Gasteiger partial charge in [-0.3, -0.25) is 0 Å².